The molecule has 0 spiro atoms. The Morgan fingerprint density at radius 3 is 1.20 bits per heavy atom. The Morgan fingerprint density at radius 2 is 1.20 bits per heavy atom. The van der Waals surface area contributed by atoms with Gasteiger partial charge in [0, 0.05) is 0 Å². The van der Waals surface area contributed by atoms with Crippen LogP contribution in [0.1, 0.15) is 0 Å². The molecular weight excluding hydrogens is 227 g/mol. The van der Waals surface area contributed by atoms with E-state index in [4.69, 9.17) is 13.0 Å². The third-order valence-corrected chi connectivity index (χ3v) is 0.877. The van der Waals surface area contributed by atoms with Crippen molar-refractivity contribution in [2.24, 2.45) is 0 Å². The van der Waals surface area contributed by atoms with Crippen molar-refractivity contribution < 1.29 is 26.1 Å². The quantitative estimate of drug-likeness (QED) is 0.333. The van der Waals surface area contributed by atoms with Crippen LogP contribution in [0.4, 0.5) is 13.2 Å². The fourth-order valence-electron chi connectivity index (χ4n) is 0. The molecule has 10 heavy (non-hydrogen) atoms. The van der Waals surface area contributed by atoms with Gasteiger partial charge in [-0.1, -0.05) is 0 Å². The molecule has 0 aromatic rings. The van der Waals surface area contributed by atoms with Gasteiger partial charge in [-0.25, -0.2) is 0 Å². The fourth-order valence-corrected chi connectivity index (χ4v) is 0. The van der Waals surface area contributed by atoms with Gasteiger partial charge in [0.1, 0.15) is 0 Å². The van der Waals surface area contributed by atoms with Crippen LogP contribution in [0.25, 0.3) is 0 Å². The van der Waals surface area contributed by atoms with Crippen LogP contribution in [-0.4, -0.2) is 121 Å². The van der Waals surface area contributed by atoms with Crippen LogP contribution in [-0.2, 0) is 10.1 Å². The van der Waals surface area contributed by atoms with Gasteiger partial charge < -0.3 is 0 Å². The van der Waals surface area contributed by atoms with E-state index in [0.29, 0.717) is 0 Å². The molecular formula is CH3F3K2O3S. The van der Waals surface area contributed by atoms with E-state index in [9.17, 15) is 13.2 Å². The Hall–Kier alpha value is 2.97. The monoisotopic (exact) mass is 230 g/mol. The van der Waals surface area contributed by atoms with Gasteiger partial charge >= 0.3 is 118 Å². The zero-order chi connectivity index (χ0) is 7.00. The van der Waals surface area contributed by atoms with E-state index in [1.54, 1.807) is 0 Å². The number of hydrogen-bond acceptors (Lipinski definition) is 2. The van der Waals surface area contributed by atoms with E-state index in [1.807, 2.05) is 0 Å². The Labute approximate surface area is 141 Å². The minimum atomic E-state index is -5.84. The van der Waals surface area contributed by atoms with Crippen molar-refractivity contribution in [2.75, 3.05) is 0 Å². The summed E-state index contributed by atoms with van der Waals surface area (Å²) in [4.78, 5) is 0. The second-order valence-electron chi connectivity index (χ2n) is 0.921. The second-order valence-corrected chi connectivity index (χ2v) is 2.33. The summed E-state index contributed by atoms with van der Waals surface area (Å²) in [6, 6.07) is 0. The zero-order valence-corrected chi connectivity index (χ0v) is 4.12. The zero-order valence-electron chi connectivity index (χ0n) is 3.31. The molecule has 1 N–H and O–H groups in total. The molecule has 0 aliphatic heterocycles. The molecule has 0 saturated carbocycles. The molecule has 9 heteroatoms. The third kappa shape index (κ3) is 7.61. The number of hydrogen-bond donors (Lipinski definition) is 1. The van der Waals surface area contributed by atoms with E-state index < -0.39 is 15.6 Å². The van der Waals surface area contributed by atoms with Crippen LogP contribution in [0.15, 0.2) is 0 Å². The number of halogens is 3. The van der Waals surface area contributed by atoms with E-state index in [-0.39, 0.29) is 103 Å². The predicted molar refractivity (Wildman–Crippen MR) is 31.9 cm³/mol. The fraction of sp³-hybridized carbons (Fsp3) is 1.00. The first-order valence-corrected chi connectivity index (χ1v) is 2.73. The van der Waals surface area contributed by atoms with Crippen LogP contribution < -0.4 is 0 Å². The Bertz CT molecular complexity index is 171. The van der Waals surface area contributed by atoms with Crippen LogP contribution in [0.2, 0.25) is 0 Å². The molecule has 0 heterocycles. The summed E-state index contributed by atoms with van der Waals surface area (Å²) in [6.45, 7) is 0. The average molecular weight is 230 g/mol. The topological polar surface area (TPSA) is 54.4 Å². The molecule has 0 rings (SSSR count). The molecule has 3 nitrogen and oxygen atoms in total. The molecule has 0 aromatic carbocycles. The van der Waals surface area contributed by atoms with E-state index in [1.165, 1.54) is 0 Å². The molecule has 54 valence electrons. The van der Waals surface area contributed by atoms with Crippen LogP contribution in [0, 0.1) is 0 Å². The van der Waals surface area contributed by atoms with E-state index in [0.717, 1.165) is 0 Å². The Morgan fingerprint density at radius 1 is 1.10 bits per heavy atom. The van der Waals surface area contributed by atoms with E-state index >= 15 is 0 Å². The van der Waals surface area contributed by atoms with Crippen LogP contribution in [0.3, 0.4) is 0 Å². The van der Waals surface area contributed by atoms with Gasteiger partial charge in [-0.3, -0.25) is 4.55 Å². The summed E-state index contributed by atoms with van der Waals surface area (Å²) >= 11 is 0. The Balaban J connectivity index is -0.000000245. The predicted octanol–water partition coefficient (Wildman–Crippen LogP) is -0.903. The molecule has 0 atom stereocenters. The van der Waals surface area contributed by atoms with Gasteiger partial charge in [0.15, 0.2) is 0 Å². The van der Waals surface area contributed by atoms with Gasteiger partial charge in [0.25, 0.3) is 0 Å². The normalized spacial score (nSPS) is 11.2. The van der Waals surface area contributed by atoms with Gasteiger partial charge in [-0.05, 0) is 0 Å². The average Bonchev–Trinajstić information content (AvgIpc) is 1.25. The van der Waals surface area contributed by atoms with Crippen LogP contribution in [0.5, 0.6) is 0 Å². The van der Waals surface area contributed by atoms with Gasteiger partial charge in [0.2, 0.25) is 0 Å². The van der Waals surface area contributed by atoms with Crippen LogP contribution >= 0.6 is 0 Å². The summed E-state index contributed by atoms with van der Waals surface area (Å²) in [5, 5.41) is 0. The first kappa shape index (κ1) is 18.7. The van der Waals surface area contributed by atoms with Gasteiger partial charge in [-0.15, -0.1) is 0 Å². The van der Waals surface area contributed by atoms with Crippen molar-refractivity contribution in [3.8, 4) is 0 Å². The van der Waals surface area contributed by atoms with Gasteiger partial charge in [-0.2, -0.15) is 21.6 Å². The Kier molecular flexibility index (Phi) is 12.0. The minimum absolute atomic E-state index is 0. The SMILES string of the molecule is O=S(=O)(O)C(F)(F)F.[KH].[KH]. The molecule has 0 unspecified atom stereocenters. The molecule has 0 bridgehead atoms. The van der Waals surface area contributed by atoms with Crippen molar-refractivity contribution in [1.29, 1.82) is 0 Å². The molecule has 0 radical (unpaired) electrons. The maximum atomic E-state index is 10.7. The molecule has 0 fully saturated rings. The molecule has 0 aliphatic carbocycles. The third-order valence-electron chi connectivity index (χ3n) is 0.292. The van der Waals surface area contributed by atoms with Crippen molar-refractivity contribution in [3.63, 3.8) is 0 Å². The first-order chi connectivity index (χ1) is 3.25. The maximum absolute atomic E-state index is 10.7. The summed E-state index contributed by atoms with van der Waals surface area (Å²) in [5.74, 6) is 0. The molecule has 0 aliphatic rings. The number of alkyl halides is 3. The van der Waals surface area contributed by atoms with Crippen molar-refractivity contribution in [3.05, 3.63) is 0 Å². The van der Waals surface area contributed by atoms with Crippen molar-refractivity contribution in [1.82, 2.24) is 0 Å². The number of rotatable bonds is 0. The van der Waals surface area contributed by atoms with E-state index in [2.05, 4.69) is 0 Å². The second kappa shape index (κ2) is 6.43. The molecule has 0 amide bonds. The van der Waals surface area contributed by atoms with Crippen molar-refractivity contribution in [2.45, 2.75) is 5.51 Å². The standard InChI is InChI=1S/CHF3O3S.2K.2H/c2-1(3,4)8(5,6)7;;;;/h(H,5,6,7);;;;. The summed E-state index contributed by atoms with van der Waals surface area (Å²) < 4.78 is 57.5. The molecule has 0 saturated heterocycles. The molecule has 0 aromatic heterocycles. The van der Waals surface area contributed by atoms with Gasteiger partial charge in [0.05, 0.1) is 0 Å². The summed E-state index contributed by atoms with van der Waals surface area (Å²) in [5.41, 5.74) is -5.53. The first-order valence-electron chi connectivity index (χ1n) is 1.29. The van der Waals surface area contributed by atoms with Crippen molar-refractivity contribution >= 4 is 113 Å². The summed E-state index contributed by atoms with van der Waals surface area (Å²) in [7, 11) is -5.84. The summed E-state index contributed by atoms with van der Waals surface area (Å²) in [6.07, 6.45) is 0.